The fourth-order valence-electron chi connectivity index (χ4n) is 2.04. The molecule has 1 aliphatic heterocycles. The highest BCUT2D eigenvalue weighted by Crippen LogP contribution is 2.28. The van der Waals surface area contributed by atoms with Crippen molar-refractivity contribution in [2.75, 3.05) is 46.1 Å². The van der Waals surface area contributed by atoms with Crippen LogP contribution < -0.4 is 10.6 Å². The molecule has 0 aromatic carbocycles. The van der Waals surface area contributed by atoms with Gasteiger partial charge in [-0.05, 0) is 44.7 Å². The minimum Gasteiger partial charge on any atom is -0.381 e. The van der Waals surface area contributed by atoms with E-state index in [1.165, 1.54) is 12.8 Å². The molecule has 0 radical (unpaired) electrons. The molecule has 2 N–H and O–H groups in total. The molecule has 1 heterocycles. The number of nitrogens with one attached hydrogen (secondary N) is 2. The summed E-state index contributed by atoms with van der Waals surface area (Å²) in [5.74, 6) is 0.889. The Hall–Kier alpha value is -0.160. The minimum absolute atomic E-state index is 0.544. The van der Waals surface area contributed by atoms with Crippen LogP contribution in [-0.4, -0.2) is 52.1 Å². The van der Waals surface area contributed by atoms with E-state index in [2.05, 4.69) is 10.6 Å². The van der Waals surface area contributed by atoms with Crippen molar-refractivity contribution in [2.24, 2.45) is 5.92 Å². The molecule has 0 spiro atoms. The molecule has 100 valence electrons. The van der Waals surface area contributed by atoms with Crippen molar-refractivity contribution in [3.63, 3.8) is 0 Å². The fraction of sp³-hybridized carbons (Fsp3) is 1.00. The summed E-state index contributed by atoms with van der Waals surface area (Å²) < 4.78 is 11.0. The minimum atomic E-state index is 0.544. The Morgan fingerprint density at radius 1 is 1.29 bits per heavy atom. The third kappa shape index (κ3) is 6.36. The Morgan fingerprint density at radius 3 is 3.00 bits per heavy atom. The average molecular weight is 242 g/mol. The van der Waals surface area contributed by atoms with Crippen molar-refractivity contribution in [2.45, 2.75) is 31.7 Å². The first-order valence-electron chi connectivity index (χ1n) is 7.05. The molecule has 2 fully saturated rings. The zero-order valence-corrected chi connectivity index (χ0v) is 10.7. The van der Waals surface area contributed by atoms with Gasteiger partial charge in [0, 0.05) is 25.8 Å². The summed E-state index contributed by atoms with van der Waals surface area (Å²) in [6.45, 7) is 6.77. The average Bonchev–Trinajstić information content (AvgIpc) is 3.18. The van der Waals surface area contributed by atoms with E-state index < -0.39 is 0 Å². The summed E-state index contributed by atoms with van der Waals surface area (Å²) in [5.41, 5.74) is 0. The summed E-state index contributed by atoms with van der Waals surface area (Å²) in [6, 6.07) is 0.544. The van der Waals surface area contributed by atoms with E-state index in [9.17, 15) is 0 Å². The monoisotopic (exact) mass is 242 g/mol. The van der Waals surface area contributed by atoms with Crippen molar-refractivity contribution in [1.29, 1.82) is 0 Å². The molecule has 2 rings (SSSR count). The molecule has 0 aromatic rings. The number of rotatable bonds is 9. The van der Waals surface area contributed by atoms with Crippen LogP contribution in [0.2, 0.25) is 0 Å². The van der Waals surface area contributed by atoms with E-state index in [4.69, 9.17) is 9.47 Å². The molecule has 17 heavy (non-hydrogen) atoms. The van der Waals surface area contributed by atoms with E-state index in [0.717, 1.165) is 64.8 Å². The van der Waals surface area contributed by atoms with Gasteiger partial charge in [-0.3, -0.25) is 0 Å². The van der Waals surface area contributed by atoms with Gasteiger partial charge in [0.25, 0.3) is 0 Å². The smallest absolute Gasteiger partial charge is 0.0620 e. The van der Waals surface area contributed by atoms with Crippen LogP contribution in [0.1, 0.15) is 25.7 Å². The third-order valence-electron chi connectivity index (χ3n) is 3.36. The Kier molecular flexibility index (Phi) is 6.27. The molecule has 0 bridgehead atoms. The summed E-state index contributed by atoms with van der Waals surface area (Å²) in [5, 5.41) is 6.92. The number of morpholine rings is 1. The van der Waals surface area contributed by atoms with E-state index in [1.807, 2.05) is 0 Å². The van der Waals surface area contributed by atoms with Gasteiger partial charge in [-0.15, -0.1) is 0 Å². The highest BCUT2D eigenvalue weighted by Gasteiger charge is 2.20. The first kappa shape index (κ1) is 13.3. The Morgan fingerprint density at radius 2 is 2.24 bits per heavy atom. The second-order valence-corrected chi connectivity index (χ2v) is 5.14. The van der Waals surface area contributed by atoms with Crippen LogP contribution in [0.25, 0.3) is 0 Å². The van der Waals surface area contributed by atoms with E-state index >= 15 is 0 Å². The maximum Gasteiger partial charge on any atom is 0.0620 e. The van der Waals surface area contributed by atoms with Crippen molar-refractivity contribution >= 4 is 0 Å². The van der Waals surface area contributed by atoms with Crippen molar-refractivity contribution in [3.8, 4) is 0 Å². The molecule has 1 saturated carbocycles. The molecule has 2 aliphatic rings. The molecule has 0 aromatic heterocycles. The second-order valence-electron chi connectivity index (χ2n) is 5.14. The highest BCUT2D eigenvalue weighted by molar-refractivity contribution is 4.72. The van der Waals surface area contributed by atoms with Gasteiger partial charge in [-0.25, -0.2) is 0 Å². The van der Waals surface area contributed by atoms with Gasteiger partial charge in [-0.1, -0.05) is 0 Å². The quantitative estimate of drug-likeness (QED) is 0.586. The van der Waals surface area contributed by atoms with E-state index in [1.54, 1.807) is 0 Å². The lowest BCUT2D eigenvalue weighted by Gasteiger charge is -2.23. The van der Waals surface area contributed by atoms with Crippen LogP contribution in [0.5, 0.6) is 0 Å². The molecule has 1 saturated heterocycles. The van der Waals surface area contributed by atoms with Crippen molar-refractivity contribution in [1.82, 2.24) is 10.6 Å². The van der Waals surface area contributed by atoms with Gasteiger partial charge in [0.2, 0.25) is 0 Å². The number of ether oxygens (including phenoxy) is 2. The standard InChI is InChI=1S/C13H26N2O2/c1(8-16-10-12-2-3-12)5-14-6-4-13-11-17-9-7-15-13/h12-15H,1-11H2. The molecular weight excluding hydrogens is 216 g/mol. The molecule has 1 aliphatic carbocycles. The predicted molar refractivity (Wildman–Crippen MR) is 68.3 cm³/mol. The maximum atomic E-state index is 5.58. The van der Waals surface area contributed by atoms with Crippen molar-refractivity contribution in [3.05, 3.63) is 0 Å². The predicted octanol–water partition coefficient (Wildman–Crippen LogP) is 0.771. The molecular formula is C13H26N2O2. The molecule has 1 atom stereocenters. The normalized spacial score (nSPS) is 25.1. The summed E-state index contributed by atoms with van der Waals surface area (Å²) in [7, 11) is 0. The topological polar surface area (TPSA) is 42.5 Å². The van der Waals surface area contributed by atoms with Crippen LogP contribution in [-0.2, 0) is 9.47 Å². The first-order valence-corrected chi connectivity index (χ1v) is 7.05. The van der Waals surface area contributed by atoms with Crippen molar-refractivity contribution < 1.29 is 9.47 Å². The first-order chi connectivity index (χ1) is 8.45. The van der Waals surface area contributed by atoms with E-state index in [0.29, 0.717) is 6.04 Å². The van der Waals surface area contributed by atoms with Gasteiger partial charge < -0.3 is 20.1 Å². The second kappa shape index (κ2) is 8.03. The lowest BCUT2D eigenvalue weighted by molar-refractivity contribution is 0.0741. The fourth-order valence-corrected chi connectivity index (χ4v) is 2.04. The van der Waals surface area contributed by atoms with Crippen LogP contribution in [0, 0.1) is 5.92 Å². The van der Waals surface area contributed by atoms with Gasteiger partial charge >= 0.3 is 0 Å². The zero-order chi connectivity index (χ0) is 11.8. The Labute approximate surface area is 104 Å². The Bertz CT molecular complexity index is 192. The summed E-state index contributed by atoms with van der Waals surface area (Å²) in [6.07, 6.45) is 5.05. The van der Waals surface area contributed by atoms with E-state index in [-0.39, 0.29) is 0 Å². The number of hydrogen-bond acceptors (Lipinski definition) is 4. The summed E-state index contributed by atoms with van der Waals surface area (Å²) in [4.78, 5) is 0. The van der Waals surface area contributed by atoms with Crippen LogP contribution in [0.15, 0.2) is 0 Å². The molecule has 1 unspecified atom stereocenters. The van der Waals surface area contributed by atoms with Gasteiger partial charge in [-0.2, -0.15) is 0 Å². The molecule has 4 nitrogen and oxygen atoms in total. The van der Waals surface area contributed by atoms with Gasteiger partial charge in [0.05, 0.1) is 13.2 Å². The third-order valence-corrected chi connectivity index (χ3v) is 3.36. The molecule has 0 amide bonds. The van der Waals surface area contributed by atoms with Gasteiger partial charge in [0.15, 0.2) is 0 Å². The van der Waals surface area contributed by atoms with Crippen LogP contribution >= 0.6 is 0 Å². The Balaban J connectivity index is 1.31. The zero-order valence-electron chi connectivity index (χ0n) is 10.7. The largest absolute Gasteiger partial charge is 0.381 e. The summed E-state index contributed by atoms with van der Waals surface area (Å²) >= 11 is 0. The maximum absolute atomic E-state index is 5.58. The SMILES string of the molecule is C(CNCCC1COCCN1)COCC1CC1. The van der Waals surface area contributed by atoms with Crippen LogP contribution in [0.3, 0.4) is 0 Å². The lowest BCUT2D eigenvalue weighted by atomic mass is 10.2. The van der Waals surface area contributed by atoms with Gasteiger partial charge in [0.1, 0.15) is 0 Å². The molecule has 4 heteroatoms. The van der Waals surface area contributed by atoms with Crippen LogP contribution in [0.4, 0.5) is 0 Å². The highest BCUT2D eigenvalue weighted by atomic mass is 16.5. The number of hydrogen-bond donors (Lipinski definition) is 2. The lowest BCUT2D eigenvalue weighted by Crippen LogP contribution is -2.42.